The van der Waals surface area contributed by atoms with Crippen molar-refractivity contribution in [2.75, 3.05) is 6.54 Å². The monoisotopic (exact) mass is 237 g/mol. The lowest BCUT2D eigenvalue weighted by Gasteiger charge is -2.21. The minimum atomic E-state index is 0.555. The van der Waals surface area contributed by atoms with E-state index in [4.69, 9.17) is 0 Å². The summed E-state index contributed by atoms with van der Waals surface area (Å²) in [6.45, 7) is 5.79. The van der Waals surface area contributed by atoms with Crippen LogP contribution >= 0.6 is 11.3 Å². The molecular formula is C14H23NS. The molecule has 0 amide bonds. The predicted octanol–water partition coefficient (Wildman–Crippen LogP) is 4.23. The fraction of sp³-hybridized carbons (Fsp3) is 0.714. The number of rotatable bonds is 7. The van der Waals surface area contributed by atoms with Crippen molar-refractivity contribution in [3.05, 3.63) is 22.4 Å². The molecule has 0 saturated heterocycles. The summed E-state index contributed by atoms with van der Waals surface area (Å²) < 4.78 is 0. The summed E-state index contributed by atoms with van der Waals surface area (Å²) in [5, 5.41) is 5.89. The molecule has 16 heavy (non-hydrogen) atoms. The van der Waals surface area contributed by atoms with E-state index in [-0.39, 0.29) is 0 Å². The first kappa shape index (κ1) is 12.1. The number of nitrogens with one attached hydrogen (secondary N) is 1. The van der Waals surface area contributed by atoms with Gasteiger partial charge < -0.3 is 5.32 Å². The van der Waals surface area contributed by atoms with Crippen molar-refractivity contribution < 1.29 is 0 Å². The van der Waals surface area contributed by atoms with E-state index in [9.17, 15) is 0 Å². The molecule has 1 saturated carbocycles. The Morgan fingerprint density at radius 3 is 2.81 bits per heavy atom. The van der Waals surface area contributed by atoms with Crippen LogP contribution in [0.15, 0.2) is 17.5 Å². The summed E-state index contributed by atoms with van der Waals surface area (Å²) in [6.07, 6.45) is 5.75. The third-order valence-electron chi connectivity index (χ3n) is 3.37. The first-order valence-electron chi connectivity index (χ1n) is 6.54. The van der Waals surface area contributed by atoms with Gasteiger partial charge in [-0.2, -0.15) is 0 Å². The highest BCUT2D eigenvalue weighted by molar-refractivity contribution is 7.10. The molecule has 1 aliphatic carbocycles. The molecule has 0 aliphatic heterocycles. The van der Waals surface area contributed by atoms with Crippen LogP contribution in [0.4, 0.5) is 0 Å². The van der Waals surface area contributed by atoms with Crippen molar-refractivity contribution in [2.45, 2.75) is 45.6 Å². The fourth-order valence-electron chi connectivity index (χ4n) is 2.19. The highest BCUT2D eigenvalue weighted by atomic mass is 32.1. The molecule has 0 bridgehead atoms. The van der Waals surface area contributed by atoms with Crippen LogP contribution in [0.25, 0.3) is 0 Å². The Morgan fingerprint density at radius 2 is 2.25 bits per heavy atom. The molecule has 2 rings (SSSR count). The largest absolute Gasteiger partial charge is 0.309 e. The number of thiophene rings is 1. The molecule has 0 radical (unpaired) electrons. The lowest BCUT2D eigenvalue weighted by atomic mass is 10.0. The number of hydrogen-bond acceptors (Lipinski definition) is 2. The molecule has 0 spiro atoms. The van der Waals surface area contributed by atoms with Gasteiger partial charge in [0, 0.05) is 10.9 Å². The maximum Gasteiger partial charge on any atom is 0.0438 e. The topological polar surface area (TPSA) is 12.0 Å². The SMILES string of the molecule is CC(C)C(NCCCC1CC1)c1cccs1. The van der Waals surface area contributed by atoms with Crippen LogP contribution < -0.4 is 5.32 Å². The summed E-state index contributed by atoms with van der Waals surface area (Å²) in [6, 6.07) is 4.96. The van der Waals surface area contributed by atoms with Crippen LogP contribution in [0.3, 0.4) is 0 Å². The van der Waals surface area contributed by atoms with Crippen molar-refractivity contribution in [1.29, 1.82) is 0 Å². The van der Waals surface area contributed by atoms with Gasteiger partial charge in [-0.25, -0.2) is 0 Å². The first-order chi connectivity index (χ1) is 7.77. The van der Waals surface area contributed by atoms with E-state index < -0.39 is 0 Å². The van der Waals surface area contributed by atoms with Crippen LogP contribution in [-0.4, -0.2) is 6.54 Å². The van der Waals surface area contributed by atoms with E-state index in [1.807, 2.05) is 11.3 Å². The molecule has 0 aromatic carbocycles. The lowest BCUT2D eigenvalue weighted by molar-refractivity contribution is 0.410. The molecule has 2 heteroatoms. The second kappa shape index (κ2) is 5.83. The second-order valence-corrected chi connectivity index (χ2v) is 6.26. The van der Waals surface area contributed by atoms with E-state index in [1.54, 1.807) is 0 Å². The summed E-state index contributed by atoms with van der Waals surface area (Å²) in [7, 11) is 0. The molecule has 1 nitrogen and oxygen atoms in total. The molecule has 1 aliphatic rings. The maximum absolute atomic E-state index is 3.72. The van der Waals surface area contributed by atoms with Gasteiger partial charge >= 0.3 is 0 Å². The molecular weight excluding hydrogens is 214 g/mol. The van der Waals surface area contributed by atoms with Crippen molar-refractivity contribution in [1.82, 2.24) is 5.32 Å². The van der Waals surface area contributed by atoms with Crippen LogP contribution in [0.2, 0.25) is 0 Å². The third-order valence-corrected chi connectivity index (χ3v) is 4.32. The van der Waals surface area contributed by atoms with Crippen LogP contribution in [0.1, 0.15) is 50.4 Å². The standard InChI is InChI=1S/C14H23NS/c1-11(2)14(13-6-4-10-16-13)15-9-3-5-12-7-8-12/h4,6,10-12,14-15H,3,5,7-9H2,1-2H3. The molecule has 1 aromatic heterocycles. The summed E-state index contributed by atoms with van der Waals surface area (Å²) in [5.41, 5.74) is 0. The molecule has 1 heterocycles. The van der Waals surface area contributed by atoms with Gasteiger partial charge in [-0.05, 0) is 42.7 Å². The predicted molar refractivity (Wildman–Crippen MR) is 71.9 cm³/mol. The van der Waals surface area contributed by atoms with E-state index in [0.717, 1.165) is 5.92 Å². The third kappa shape index (κ3) is 3.60. The highest BCUT2D eigenvalue weighted by Crippen LogP contribution is 2.33. The minimum Gasteiger partial charge on any atom is -0.309 e. The van der Waals surface area contributed by atoms with E-state index in [0.29, 0.717) is 12.0 Å². The van der Waals surface area contributed by atoms with Gasteiger partial charge in [-0.3, -0.25) is 0 Å². The van der Waals surface area contributed by atoms with Crippen molar-refractivity contribution >= 4 is 11.3 Å². The Morgan fingerprint density at radius 1 is 1.44 bits per heavy atom. The van der Waals surface area contributed by atoms with Crippen molar-refractivity contribution in [2.24, 2.45) is 11.8 Å². The fourth-order valence-corrected chi connectivity index (χ4v) is 3.16. The normalized spacial score (nSPS) is 17.9. The van der Waals surface area contributed by atoms with Gasteiger partial charge in [-0.15, -0.1) is 11.3 Å². The van der Waals surface area contributed by atoms with Crippen molar-refractivity contribution in [3.63, 3.8) is 0 Å². The Kier molecular flexibility index (Phi) is 4.42. The average molecular weight is 237 g/mol. The molecule has 90 valence electrons. The first-order valence-corrected chi connectivity index (χ1v) is 7.42. The Balaban J connectivity index is 1.74. The van der Waals surface area contributed by atoms with Gasteiger partial charge in [0.25, 0.3) is 0 Å². The Bertz CT molecular complexity index is 288. The quantitative estimate of drug-likeness (QED) is 0.700. The zero-order valence-electron chi connectivity index (χ0n) is 10.4. The zero-order chi connectivity index (χ0) is 11.4. The lowest BCUT2D eigenvalue weighted by Crippen LogP contribution is -2.26. The van der Waals surface area contributed by atoms with Crippen LogP contribution in [0, 0.1) is 11.8 Å². The smallest absolute Gasteiger partial charge is 0.0438 e. The van der Waals surface area contributed by atoms with E-state index in [1.165, 1.54) is 37.1 Å². The van der Waals surface area contributed by atoms with Crippen molar-refractivity contribution in [3.8, 4) is 0 Å². The summed E-state index contributed by atoms with van der Waals surface area (Å²) in [4.78, 5) is 1.49. The summed E-state index contributed by atoms with van der Waals surface area (Å²) in [5.74, 6) is 1.75. The van der Waals surface area contributed by atoms with Gasteiger partial charge in [0.1, 0.15) is 0 Å². The highest BCUT2D eigenvalue weighted by Gasteiger charge is 2.21. The molecule has 1 atom stereocenters. The van der Waals surface area contributed by atoms with Gasteiger partial charge in [0.15, 0.2) is 0 Å². The maximum atomic E-state index is 3.72. The number of hydrogen-bond donors (Lipinski definition) is 1. The molecule has 1 fully saturated rings. The molecule has 1 unspecified atom stereocenters. The molecule has 1 aromatic rings. The average Bonchev–Trinajstić information content (AvgIpc) is 2.91. The molecule has 1 N–H and O–H groups in total. The summed E-state index contributed by atoms with van der Waals surface area (Å²) >= 11 is 1.87. The van der Waals surface area contributed by atoms with Gasteiger partial charge in [0.2, 0.25) is 0 Å². The van der Waals surface area contributed by atoms with Crippen LogP contribution in [-0.2, 0) is 0 Å². The van der Waals surface area contributed by atoms with Gasteiger partial charge in [0.05, 0.1) is 0 Å². The Labute approximate surface area is 103 Å². The minimum absolute atomic E-state index is 0.555. The van der Waals surface area contributed by atoms with E-state index in [2.05, 4.69) is 36.7 Å². The van der Waals surface area contributed by atoms with Crippen LogP contribution in [0.5, 0.6) is 0 Å². The second-order valence-electron chi connectivity index (χ2n) is 5.28. The Hall–Kier alpha value is -0.340. The van der Waals surface area contributed by atoms with Gasteiger partial charge in [-0.1, -0.05) is 32.8 Å². The zero-order valence-corrected chi connectivity index (χ0v) is 11.2. The van der Waals surface area contributed by atoms with E-state index >= 15 is 0 Å².